The summed E-state index contributed by atoms with van der Waals surface area (Å²) in [6.45, 7) is 4.18. The Balaban J connectivity index is 1.81. The lowest BCUT2D eigenvalue weighted by Crippen LogP contribution is -2.35. The smallest absolute Gasteiger partial charge is 0.273 e. The second-order valence-corrected chi connectivity index (χ2v) is 10.3. The van der Waals surface area contributed by atoms with Crippen LogP contribution in [0.25, 0.3) is 0 Å². The fourth-order valence-electron chi connectivity index (χ4n) is 4.10. The zero-order valence-electron chi connectivity index (χ0n) is 17.6. The van der Waals surface area contributed by atoms with Crippen molar-refractivity contribution in [2.24, 2.45) is 0 Å². The van der Waals surface area contributed by atoms with Crippen molar-refractivity contribution in [2.45, 2.75) is 54.2 Å². The first-order chi connectivity index (χ1) is 14.9. The molecule has 0 radical (unpaired) electrons. The first-order valence-corrected chi connectivity index (χ1v) is 12.8. The van der Waals surface area contributed by atoms with E-state index in [0.717, 1.165) is 27.6 Å². The fourth-order valence-corrected chi connectivity index (χ4v) is 6.07. The van der Waals surface area contributed by atoms with E-state index in [1.165, 1.54) is 5.56 Å². The number of hydrogen-bond donors (Lipinski definition) is 1. The minimum Gasteiger partial charge on any atom is -0.336 e. The number of rotatable bonds is 7. The van der Waals surface area contributed by atoms with E-state index in [0.29, 0.717) is 12.1 Å². The highest BCUT2D eigenvalue weighted by molar-refractivity contribution is 7.99. The number of benzene rings is 2. The van der Waals surface area contributed by atoms with E-state index in [4.69, 9.17) is 0 Å². The van der Waals surface area contributed by atoms with Gasteiger partial charge in [0, 0.05) is 22.0 Å². The van der Waals surface area contributed by atoms with Gasteiger partial charge in [0.25, 0.3) is 10.1 Å². The molecule has 2 heterocycles. The van der Waals surface area contributed by atoms with Crippen LogP contribution in [0.2, 0.25) is 0 Å². The average Bonchev–Trinajstić information content (AvgIpc) is 2.78. The SMILES string of the molecule is CCc1ccc2c(c1)N(C(CC)CC(c1ccccn1)S(=O)(=O)O)c1ccccc1S2. The molecule has 2 aromatic carbocycles. The Labute approximate surface area is 188 Å². The van der Waals surface area contributed by atoms with Gasteiger partial charge in [-0.25, -0.2) is 0 Å². The number of nitrogens with zero attached hydrogens (tertiary/aromatic N) is 2. The van der Waals surface area contributed by atoms with E-state index >= 15 is 0 Å². The molecule has 0 saturated carbocycles. The molecule has 31 heavy (non-hydrogen) atoms. The lowest BCUT2D eigenvalue weighted by atomic mass is 10.0. The Hall–Kier alpha value is -2.35. The molecule has 7 heteroatoms. The second kappa shape index (κ2) is 9.02. The van der Waals surface area contributed by atoms with E-state index in [-0.39, 0.29) is 12.5 Å². The molecule has 162 valence electrons. The van der Waals surface area contributed by atoms with Crippen LogP contribution in [0.5, 0.6) is 0 Å². The minimum atomic E-state index is -4.32. The average molecular weight is 455 g/mol. The Morgan fingerprint density at radius 2 is 1.74 bits per heavy atom. The lowest BCUT2D eigenvalue weighted by Gasteiger charge is -2.39. The Kier molecular flexibility index (Phi) is 6.36. The molecule has 4 rings (SSSR count). The number of hydrogen-bond acceptors (Lipinski definition) is 5. The van der Waals surface area contributed by atoms with Gasteiger partial charge in [0.15, 0.2) is 0 Å². The highest BCUT2D eigenvalue weighted by Gasteiger charge is 2.35. The normalized spacial score (nSPS) is 15.1. The summed E-state index contributed by atoms with van der Waals surface area (Å²) in [5, 5.41) is -1.09. The van der Waals surface area contributed by atoms with E-state index in [2.05, 4.69) is 54.1 Å². The molecular formula is C24H26N2O3S2. The maximum atomic E-state index is 12.4. The molecule has 1 N–H and O–H groups in total. The molecule has 1 aromatic heterocycles. The molecule has 5 nitrogen and oxygen atoms in total. The van der Waals surface area contributed by atoms with Gasteiger partial charge in [-0.2, -0.15) is 8.42 Å². The third kappa shape index (κ3) is 4.49. The van der Waals surface area contributed by atoms with Gasteiger partial charge in [0.05, 0.1) is 17.1 Å². The summed E-state index contributed by atoms with van der Waals surface area (Å²) >= 11 is 1.73. The van der Waals surface area contributed by atoms with Gasteiger partial charge in [0.2, 0.25) is 0 Å². The van der Waals surface area contributed by atoms with Crippen molar-refractivity contribution in [2.75, 3.05) is 4.90 Å². The molecular weight excluding hydrogens is 428 g/mol. The van der Waals surface area contributed by atoms with Gasteiger partial charge in [0.1, 0.15) is 5.25 Å². The van der Waals surface area contributed by atoms with Gasteiger partial charge < -0.3 is 4.90 Å². The van der Waals surface area contributed by atoms with E-state index < -0.39 is 15.4 Å². The first kappa shape index (κ1) is 21.9. The van der Waals surface area contributed by atoms with Crippen molar-refractivity contribution in [1.82, 2.24) is 4.98 Å². The van der Waals surface area contributed by atoms with Gasteiger partial charge in [-0.3, -0.25) is 9.54 Å². The van der Waals surface area contributed by atoms with Crippen LogP contribution in [0.4, 0.5) is 11.4 Å². The van der Waals surface area contributed by atoms with Crippen molar-refractivity contribution in [3.05, 3.63) is 78.1 Å². The largest absolute Gasteiger partial charge is 0.336 e. The van der Waals surface area contributed by atoms with E-state index in [1.807, 2.05) is 12.1 Å². The number of pyridine rings is 1. The van der Waals surface area contributed by atoms with Crippen LogP contribution in [-0.2, 0) is 16.5 Å². The highest BCUT2D eigenvalue weighted by atomic mass is 32.2. The minimum absolute atomic E-state index is 0.137. The molecule has 0 amide bonds. The van der Waals surface area contributed by atoms with Crippen LogP contribution in [0, 0.1) is 0 Å². The molecule has 2 atom stereocenters. The third-order valence-electron chi connectivity index (χ3n) is 5.74. The summed E-state index contributed by atoms with van der Waals surface area (Å²) in [5.74, 6) is 0. The van der Waals surface area contributed by atoms with Gasteiger partial charge in [-0.05, 0) is 61.2 Å². The summed E-state index contributed by atoms with van der Waals surface area (Å²) in [4.78, 5) is 8.77. The summed E-state index contributed by atoms with van der Waals surface area (Å²) in [6.07, 6.45) is 3.44. The number of para-hydroxylation sites is 1. The summed E-state index contributed by atoms with van der Waals surface area (Å²) in [5.41, 5.74) is 3.75. The van der Waals surface area contributed by atoms with Crippen molar-refractivity contribution in [1.29, 1.82) is 0 Å². The van der Waals surface area contributed by atoms with E-state index in [9.17, 15) is 13.0 Å². The number of aromatic nitrogens is 1. The quantitative estimate of drug-likeness (QED) is 0.439. The van der Waals surface area contributed by atoms with Crippen molar-refractivity contribution in [3.63, 3.8) is 0 Å². The Morgan fingerprint density at radius 3 is 2.42 bits per heavy atom. The van der Waals surface area contributed by atoms with Crippen molar-refractivity contribution >= 4 is 33.3 Å². The van der Waals surface area contributed by atoms with Crippen molar-refractivity contribution < 1.29 is 13.0 Å². The molecule has 0 saturated heterocycles. The van der Waals surface area contributed by atoms with Crippen LogP contribution in [0.3, 0.4) is 0 Å². The molecule has 0 aliphatic carbocycles. The zero-order valence-corrected chi connectivity index (χ0v) is 19.2. The first-order valence-electron chi connectivity index (χ1n) is 10.5. The zero-order chi connectivity index (χ0) is 22.0. The van der Waals surface area contributed by atoms with Crippen LogP contribution >= 0.6 is 11.8 Å². The van der Waals surface area contributed by atoms with Crippen LogP contribution in [-0.4, -0.2) is 24.0 Å². The topological polar surface area (TPSA) is 70.5 Å². The predicted octanol–water partition coefficient (Wildman–Crippen LogP) is 6.04. The van der Waals surface area contributed by atoms with Gasteiger partial charge >= 0.3 is 0 Å². The number of fused-ring (bicyclic) bond motifs is 2. The van der Waals surface area contributed by atoms with Crippen LogP contribution in [0.15, 0.2) is 76.7 Å². The lowest BCUT2D eigenvalue weighted by molar-refractivity contribution is 0.449. The summed E-state index contributed by atoms with van der Waals surface area (Å²) in [6, 6.07) is 19.7. The molecule has 1 aliphatic rings. The Bertz CT molecular complexity index is 1170. The molecule has 1 aliphatic heterocycles. The number of anilines is 2. The fraction of sp³-hybridized carbons (Fsp3) is 0.292. The van der Waals surface area contributed by atoms with Gasteiger partial charge in [-0.1, -0.05) is 49.9 Å². The van der Waals surface area contributed by atoms with Crippen LogP contribution < -0.4 is 4.90 Å². The van der Waals surface area contributed by atoms with Gasteiger partial charge in [-0.15, -0.1) is 0 Å². The summed E-state index contributed by atoms with van der Waals surface area (Å²) < 4.78 is 34.8. The third-order valence-corrected chi connectivity index (χ3v) is 8.02. The molecule has 0 spiro atoms. The summed E-state index contributed by atoms with van der Waals surface area (Å²) in [7, 11) is -4.32. The molecule has 3 aromatic rings. The molecule has 0 fully saturated rings. The molecule has 0 bridgehead atoms. The van der Waals surface area contributed by atoms with Crippen LogP contribution in [0.1, 0.15) is 43.2 Å². The standard InChI is InChI=1S/C24H26N2O3S2/c1-3-17-12-13-23-21(15-17)26(20-10-5-6-11-22(20)30-23)18(4-2)16-24(31(27,28)29)19-9-7-8-14-25-19/h5-15,18,24H,3-4,16H2,1-2H3,(H,27,28,29). The Morgan fingerprint density at radius 1 is 1.00 bits per heavy atom. The predicted molar refractivity (Wildman–Crippen MR) is 126 cm³/mol. The maximum absolute atomic E-state index is 12.4. The second-order valence-electron chi connectivity index (χ2n) is 7.65. The van der Waals surface area contributed by atoms with E-state index in [1.54, 1.807) is 36.2 Å². The number of aryl methyl sites for hydroxylation is 1. The van der Waals surface area contributed by atoms with Crippen molar-refractivity contribution in [3.8, 4) is 0 Å². The maximum Gasteiger partial charge on any atom is 0.273 e. The monoisotopic (exact) mass is 454 g/mol. The molecule has 2 unspecified atom stereocenters. The highest BCUT2D eigenvalue weighted by Crippen LogP contribution is 2.50.